The largest absolute Gasteiger partial charge is 0.298 e. The van der Waals surface area contributed by atoms with Gasteiger partial charge in [-0.15, -0.1) is 0 Å². The molecular formula is C14H18N2O. The third kappa shape index (κ3) is 3.55. The summed E-state index contributed by atoms with van der Waals surface area (Å²) in [6.07, 6.45) is 5.50. The van der Waals surface area contributed by atoms with Crippen molar-refractivity contribution in [2.75, 3.05) is 0 Å². The molecule has 1 aliphatic carbocycles. The molecule has 1 aromatic rings. The highest BCUT2D eigenvalue weighted by molar-refractivity contribution is 5.19. The van der Waals surface area contributed by atoms with Gasteiger partial charge in [-0.3, -0.25) is 4.84 Å². The number of hydrogen-bond acceptors (Lipinski definition) is 3. The molecule has 3 nitrogen and oxygen atoms in total. The fourth-order valence-corrected chi connectivity index (χ4v) is 2.19. The number of nitrogens with one attached hydrogen (secondary N) is 1. The summed E-state index contributed by atoms with van der Waals surface area (Å²) < 4.78 is 0. The Morgan fingerprint density at radius 2 is 2.00 bits per heavy atom. The Kier molecular flexibility index (Phi) is 4.54. The van der Waals surface area contributed by atoms with Crippen molar-refractivity contribution in [2.24, 2.45) is 0 Å². The summed E-state index contributed by atoms with van der Waals surface area (Å²) in [5.41, 5.74) is 4.16. The molecule has 17 heavy (non-hydrogen) atoms. The monoisotopic (exact) mass is 230 g/mol. The van der Waals surface area contributed by atoms with E-state index in [0.717, 1.165) is 18.4 Å². The van der Waals surface area contributed by atoms with Crippen molar-refractivity contribution in [1.29, 1.82) is 5.26 Å². The van der Waals surface area contributed by atoms with Gasteiger partial charge in [0.25, 0.3) is 0 Å². The van der Waals surface area contributed by atoms with Gasteiger partial charge in [0.2, 0.25) is 0 Å². The fourth-order valence-electron chi connectivity index (χ4n) is 2.19. The molecule has 1 aliphatic rings. The average Bonchev–Trinajstić information content (AvgIpc) is 2.88. The maximum Gasteiger partial charge on any atom is 0.0790 e. The summed E-state index contributed by atoms with van der Waals surface area (Å²) in [5, 5.41) is 8.84. The number of nitrogens with zero attached hydrogens (tertiary/aromatic N) is 1. The second-order valence-corrected chi connectivity index (χ2v) is 4.47. The molecule has 90 valence electrons. The molecule has 1 atom stereocenters. The number of hydrogen-bond donors (Lipinski definition) is 1. The van der Waals surface area contributed by atoms with Crippen molar-refractivity contribution < 1.29 is 4.84 Å². The molecule has 2 rings (SSSR count). The summed E-state index contributed by atoms with van der Waals surface area (Å²) in [4.78, 5) is 5.67. The topological polar surface area (TPSA) is 45.0 Å². The Morgan fingerprint density at radius 3 is 2.65 bits per heavy atom. The van der Waals surface area contributed by atoms with Gasteiger partial charge in [0, 0.05) is 0 Å². The molecule has 1 unspecified atom stereocenters. The van der Waals surface area contributed by atoms with E-state index >= 15 is 0 Å². The predicted molar refractivity (Wildman–Crippen MR) is 65.9 cm³/mol. The van der Waals surface area contributed by atoms with Crippen LogP contribution in [0, 0.1) is 11.3 Å². The van der Waals surface area contributed by atoms with Gasteiger partial charge in [0.15, 0.2) is 0 Å². The third-order valence-corrected chi connectivity index (χ3v) is 3.18. The minimum Gasteiger partial charge on any atom is -0.298 e. The first-order valence-corrected chi connectivity index (χ1v) is 6.23. The van der Waals surface area contributed by atoms with Crippen LogP contribution in [0.25, 0.3) is 0 Å². The quantitative estimate of drug-likeness (QED) is 0.790. The van der Waals surface area contributed by atoms with Crippen LogP contribution in [-0.2, 0) is 4.84 Å². The van der Waals surface area contributed by atoms with E-state index in [-0.39, 0.29) is 6.04 Å². The van der Waals surface area contributed by atoms with Crippen LogP contribution in [0.3, 0.4) is 0 Å². The molecular weight excluding hydrogens is 212 g/mol. The molecule has 0 aromatic heterocycles. The van der Waals surface area contributed by atoms with E-state index in [2.05, 4.69) is 11.5 Å². The SMILES string of the molecule is N#CCC(NOC1CCCC1)c1ccccc1. The Hall–Kier alpha value is -1.37. The molecule has 0 radical (unpaired) electrons. The van der Waals surface area contributed by atoms with Gasteiger partial charge in [-0.1, -0.05) is 43.2 Å². The number of nitriles is 1. The van der Waals surface area contributed by atoms with Crippen LogP contribution in [0.1, 0.15) is 43.7 Å². The van der Waals surface area contributed by atoms with Crippen LogP contribution in [0.2, 0.25) is 0 Å². The number of rotatable bonds is 5. The molecule has 1 fully saturated rings. The van der Waals surface area contributed by atoms with Crippen molar-refractivity contribution in [2.45, 2.75) is 44.2 Å². The summed E-state index contributed by atoms with van der Waals surface area (Å²) in [7, 11) is 0. The lowest BCUT2D eigenvalue weighted by molar-refractivity contribution is -0.0401. The first kappa shape index (κ1) is 12.1. The van der Waals surface area contributed by atoms with Crippen molar-refractivity contribution >= 4 is 0 Å². The van der Waals surface area contributed by atoms with Crippen molar-refractivity contribution in [3.05, 3.63) is 35.9 Å². The van der Waals surface area contributed by atoms with Crippen molar-refractivity contribution in [3.8, 4) is 6.07 Å². The lowest BCUT2D eigenvalue weighted by Crippen LogP contribution is -2.26. The van der Waals surface area contributed by atoms with Gasteiger partial charge in [-0.2, -0.15) is 10.7 Å². The summed E-state index contributed by atoms with van der Waals surface area (Å²) in [5.74, 6) is 0. The molecule has 1 saturated carbocycles. The zero-order valence-corrected chi connectivity index (χ0v) is 9.93. The number of hydroxylamine groups is 1. The summed E-state index contributed by atoms with van der Waals surface area (Å²) in [6.45, 7) is 0. The van der Waals surface area contributed by atoms with E-state index in [0.29, 0.717) is 12.5 Å². The zero-order valence-electron chi connectivity index (χ0n) is 9.93. The maximum absolute atomic E-state index is 8.84. The third-order valence-electron chi connectivity index (χ3n) is 3.18. The van der Waals surface area contributed by atoms with E-state index in [1.165, 1.54) is 12.8 Å². The smallest absolute Gasteiger partial charge is 0.0790 e. The van der Waals surface area contributed by atoms with Crippen LogP contribution < -0.4 is 5.48 Å². The predicted octanol–water partition coefficient (Wildman–Crippen LogP) is 3.11. The summed E-state index contributed by atoms with van der Waals surface area (Å²) >= 11 is 0. The molecule has 3 heteroatoms. The van der Waals surface area contributed by atoms with E-state index in [4.69, 9.17) is 10.1 Å². The first-order valence-electron chi connectivity index (χ1n) is 6.23. The standard InChI is InChI=1S/C14H18N2O/c15-11-10-14(12-6-2-1-3-7-12)16-17-13-8-4-5-9-13/h1-3,6-7,13-14,16H,4-5,8-10H2. The van der Waals surface area contributed by atoms with E-state index in [9.17, 15) is 0 Å². The molecule has 0 saturated heterocycles. The van der Waals surface area contributed by atoms with Crippen LogP contribution in [0.4, 0.5) is 0 Å². The van der Waals surface area contributed by atoms with Crippen LogP contribution in [0.5, 0.6) is 0 Å². The van der Waals surface area contributed by atoms with Gasteiger partial charge < -0.3 is 0 Å². The Labute approximate surface area is 102 Å². The highest BCUT2D eigenvalue weighted by Gasteiger charge is 2.18. The second kappa shape index (κ2) is 6.39. The Bertz CT molecular complexity index is 366. The molecule has 0 amide bonds. The molecule has 1 N–H and O–H groups in total. The minimum atomic E-state index is -0.0261. The van der Waals surface area contributed by atoms with Gasteiger partial charge in [-0.05, 0) is 18.4 Å². The van der Waals surface area contributed by atoms with Gasteiger partial charge in [0.05, 0.1) is 24.6 Å². The van der Waals surface area contributed by atoms with Crippen molar-refractivity contribution in [3.63, 3.8) is 0 Å². The van der Waals surface area contributed by atoms with Crippen LogP contribution in [-0.4, -0.2) is 6.10 Å². The number of benzene rings is 1. The lowest BCUT2D eigenvalue weighted by Gasteiger charge is -2.19. The van der Waals surface area contributed by atoms with Crippen molar-refractivity contribution in [1.82, 2.24) is 5.48 Å². The van der Waals surface area contributed by atoms with E-state index < -0.39 is 0 Å². The molecule has 0 heterocycles. The Balaban J connectivity index is 1.91. The average molecular weight is 230 g/mol. The second-order valence-electron chi connectivity index (χ2n) is 4.47. The van der Waals surface area contributed by atoms with E-state index in [1.54, 1.807) is 0 Å². The Morgan fingerprint density at radius 1 is 1.29 bits per heavy atom. The molecule has 0 aliphatic heterocycles. The molecule has 0 bridgehead atoms. The highest BCUT2D eigenvalue weighted by Crippen LogP contribution is 2.22. The maximum atomic E-state index is 8.84. The zero-order chi connectivity index (χ0) is 11.9. The molecule has 1 aromatic carbocycles. The van der Waals surface area contributed by atoms with Gasteiger partial charge >= 0.3 is 0 Å². The molecule has 0 spiro atoms. The normalized spacial score (nSPS) is 17.8. The van der Waals surface area contributed by atoms with E-state index in [1.807, 2.05) is 30.3 Å². The van der Waals surface area contributed by atoms with Crippen LogP contribution in [0.15, 0.2) is 30.3 Å². The van der Waals surface area contributed by atoms with Crippen LogP contribution >= 0.6 is 0 Å². The highest BCUT2D eigenvalue weighted by atomic mass is 16.7. The van der Waals surface area contributed by atoms with Gasteiger partial charge in [0.1, 0.15) is 0 Å². The fraction of sp³-hybridized carbons (Fsp3) is 0.500. The minimum absolute atomic E-state index is 0.0261. The van der Waals surface area contributed by atoms with Gasteiger partial charge in [-0.25, -0.2) is 0 Å². The first-order chi connectivity index (χ1) is 8.40. The lowest BCUT2D eigenvalue weighted by atomic mass is 10.1. The summed E-state index contributed by atoms with van der Waals surface area (Å²) in [6, 6.07) is 12.2.